The smallest absolute Gasteiger partial charge is 0.336 e. The molecule has 2 atom stereocenters. The molecule has 1 amide bonds. The number of nitrogens with zero attached hydrogens (tertiary/aromatic N) is 2. The number of para-hydroxylation sites is 1. The lowest BCUT2D eigenvalue weighted by Gasteiger charge is -2.36. The molecule has 1 aromatic heterocycles. The predicted molar refractivity (Wildman–Crippen MR) is 124 cm³/mol. The highest BCUT2D eigenvalue weighted by Gasteiger charge is 2.24. The van der Waals surface area contributed by atoms with Crippen molar-refractivity contribution in [1.29, 1.82) is 0 Å². The number of pyridine rings is 1. The summed E-state index contributed by atoms with van der Waals surface area (Å²) in [5.74, 6) is 0.993. The number of hydrogen-bond acceptors (Lipinski definition) is 5. The number of nitrogens with one attached hydrogen (secondary N) is 1. The van der Waals surface area contributed by atoms with Gasteiger partial charge in [-0.25, -0.2) is 9.78 Å². The lowest BCUT2D eigenvalue weighted by atomic mass is 9.92. The molecule has 0 spiro atoms. The molecule has 3 aromatic rings. The Bertz CT molecular complexity index is 1120. The number of carbonyl (C=O) groups excluding carboxylic acids is 1. The molecule has 7 heteroatoms. The topological polar surface area (TPSA) is 91.8 Å². The van der Waals surface area contributed by atoms with Gasteiger partial charge in [-0.2, -0.15) is 0 Å². The van der Waals surface area contributed by atoms with Crippen LogP contribution in [0.5, 0.6) is 5.75 Å². The number of rotatable bonds is 6. The van der Waals surface area contributed by atoms with Crippen molar-refractivity contribution in [2.45, 2.75) is 20.3 Å². The minimum Gasteiger partial charge on any atom is -0.484 e. The number of hydrogen-bond donors (Lipinski definition) is 2. The number of amides is 1. The van der Waals surface area contributed by atoms with E-state index in [0.717, 1.165) is 19.5 Å². The van der Waals surface area contributed by atoms with Crippen LogP contribution in [0.1, 0.15) is 30.6 Å². The highest BCUT2D eigenvalue weighted by Crippen LogP contribution is 2.30. The molecule has 2 aromatic carbocycles. The minimum absolute atomic E-state index is 0.143. The van der Waals surface area contributed by atoms with E-state index in [1.165, 1.54) is 0 Å². The molecule has 0 radical (unpaired) electrons. The quantitative estimate of drug-likeness (QED) is 0.597. The van der Waals surface area contributed by atoms with E-state index in [1.54, 1.807) is 36.4 Å². The van der Waals surface area contributed by atoms with E-state index in [2.05, 4.69) is 24.1 Å². The van der Waals surface area contributed by atoms with E-state index in [1.807, 2.05) is 18.2 Å². The van der Waals surface area contributed by atoms with Gasteiger partial charge in [-0.15, -0.1) is 0 Å². The summed E-state index contributed by atoms with van der Waals surface area (Å²) in [6.45, 7) is 5.99. The Hall–Kier alpha value is -3.61. The van der Waals surface area contributed by atoms with Crippen LogP contribution in [0, 0.1) is 11.8 Å². The zero-order valence-corrected chi connectivity index (χ0v) is 18.2. The van der Waals surface area contributed by atoms with Crippen LogP contribution >= 0.6 is 0 Å². The lowest BCUT2D eigenvalue weighted by Crippen LogP contribution is -2.39. The van der Waals surface area contributed by atoms with Crippen LogP contribution in [0.4, 0.5) is 11.5 Å². The number of benzene rings is 2. The van der Waals surface area contributed by atoms with E-state index < -0.39 is 5.97 Å². The summed E-state index contributed by atoms with van der Waals surface area (Å²) in [6, 6.07) is 15.8. The van der Waals surface area contributed by atoms with Crippen LogP contribution in [0.25, 0.3) is 10.9 Å². The standard InChI is InChI=1S/C25H27N3O4/c1-16-10-17(2)14-28(13-16)23-12-21(25(30)31)20-11-18(8-9-22(20)27-23)26-24(29)15-32-19-6-4-3-5-7-19/h3-9,11-12,16-17H,10,13-15H2,1-2H3,(H,26,29)(H,30,31). The Labute approximate surface area is 187 Å². The molecule has 2 N–H and O–H groups in total. The molecule has 1 aliphatic rings. The molecule has 166 valence electrons. The number of fused-ring (bicyclic) bond motifs is 1. The molecule has 0 saturated carbocycles. The molecular weight excluding hydrogens is 406 g/mol. The van der Waals surface area contributed by atoms with Gasteiger partial charge < -0.3 is 20.1 Å². The van der Waals surface area contributed by atoms with Crippen LogP contribution in [-0.2, 0) is 4.79 Å². The first-order valence-corrected chi connectivity index (χ1v) is 10.8. The Morgan fingerprint density at radius 1 is 1.09 bits per heavy atom. The minimum atomic E-state index is -1.02. The normalized spacial score (nSPS) is 18.4. The van der Waals surface area contributed by atoms with Gasteiger partial charge in [0.15, 0.2) is 6.61 Å². The number of ether oxygens (including phenoxy) is 1. The van der Waals surface area contributed by atoms with Gasteiger partial charge in [0.25, 0.3) is 5.91 Å². The largest absolute Gasteiger partial charge is 0.484 e. The summed E-state index contributed by atoms with van der Waals surface area (Å²) in [5.41, 5.74) is 1.26. The summed E-state index contributed by atoms with van der Waals surface area (Å²) < 4.78 is 5.47. The Kier molecular flexibility index (Phi) is 6.25. The van der Waals surface area contributed by atoms with Gasteiger partial charge in [-0.05, 0) is 54.7 Å². The van der Waals surface area contributed by atoms with Crippen molar-refractivity contribution >= 4 is 34.3 Å². The van der Waals surface area contributed by atoms with E-state index in [9.17, 15) is 14.7 Å². The van der Waals surface area contributed by atoms with Crippen molar-refractivity contribution in [1.82, 2.24) is 4.98 Å². The highest BCUT2D eigenvalue weighted by atomic mass is 16.5. The third-order valence-corrected chi connectivity index (χ3v) is 5.62. The monoisotopic (exact) mass is 433 g/mol. The fraction of sp³-hybridized carbons (Fsp3) is 0.320. The second-order valence-electron chi connectivity index (χ2n) is 8.57. The van der Waals surface area contributed by atoms with Crippen molar-refractivity contribution in [2.24, 2.45) is 11.8 Å². The Balaban J connectivity index is 1.56. The highest BCUT2D eigenvalue weighted by molar-refractivity contribution is 6.05. The molecule has 2 unspecified atom stereocenters. The van der Waals surface area contributed by atoms with Crippen molar-refractivity contribution < 1.29 is 19.4 Å². The van der Waals surface area contributed by atoms with E-state index in [4.69, 9.17) is 9.72 Å². The number of carboxylic acid groups (broad SMARTS) is 1. The van der Waals surface area contributed by atoms with Gasteiger partial charge in [-0.3, -0.25) is 4.79 Å². The molecule has 1 fully saturated rings. The van der Waals surface area contributed by atoms with E-state index in [0.29, 0.717) is 40.0 Å². The second-order valence-corrected chi connectivity index (χ2v) is 8.57. The fourth-order valence-corrected chi connectivity index (χ4v) is 4.34. The first-order valence-electron chi connectivity index (χ1n) is 10.8. The molecule has 2 heterocycles. The van der Waals surface area contributed by atoms with Gasteiger partial charge in [0, 0.05) is 24.2 Å². The predicted octanol–water partition coefficient (Wildman–Crippen LogP) is 4.43. The SMILES string of the molecule is CC1CC(C)CN(c2cc(C(=O)O)c3cc(NC(=O)COc4ccccc4)ccc3n2)C1. The number of carbonyl (C=O) groups is 2. The Morgan fingerprint density at radius 3 is 2.50 bits per heavy atom. The van der Waals surface area contributed by atoms with Crippen molar-refractivity contribution in [3.05, 3.63) is 60.2 Å². The van der Waals surface area contributed by atoms with Gasteiger partial charge in [0.1, 0.15) is 11.6 Å². The number of piperidine rings is 1. The molecular formula is C25H27N3O4. The maximum atomic E-state index is 12.3. The summed E-state index contributed by atoms with van der Waals surface area (Å²) >= 11 is 0. The van der Waals surface area contributed by atoms with Gasteiger partial charge in [-0.1, -0.05) is 32.0 Å². The van der Waals surface area contributed by atoms with Crippen LogP contribution in [-0.4, -0.2) is 41.7 Å². The van der Waals surface area contributed by atoms with Crippen LogP contribution in [0.15, 0.2) is 54.6 Å². The maximum absolute atomic E-state index is 12.3. The summed E-state index contributed by atoms with van der Waals surface area (Å²) in [5, 5.41) is 13.1. The van der Waals surface area contributed by atoms with E-state index in [-0.39, 0.29) is 18.1 Å². The van der Waals surface area contributed by atoms with Gasteiger partial charge in [0.2, 0.25) is 0 Å². The van der Waals surface area contributed by atoms with Gasteiger partial charge >= 0.3 is 5.97 Å². The molecule has 32 heavy (non-hydrogen) atoms. The zero-order chi connectivity index (χ0) is 22.7. The van der Waals surface area contributed by atoms with Crippen LogP contribution in [0.3, 0.4) is 0 Å². The maximum Gasteiger partial charge on any atom is 0.336 e. The molecule has 7 nitrogen and oxygen atoms in total. The van der Waals surface area contributed by atoms with Crippen LogP contribution in [0.2, 0.25) is 0 Å². The average molecular weight is 434 g/mol. The molecule has 0 bridgehead atoms. The number of aromatic carboxylic acids is 1. The average Bonchev–Trinajstić information content (AvgIpc) is 2.77. The molecule has 1 aliphatic heterocycles. The third kappa shape index (κ3) is 4.99. The van der Waals surface area contributed by atoms with E-state index >= 15 is 0 Å². The summed E-state index contributed by atoms with van der Waals surface area (Å²) in [7, 11) is 0. The number of carboxylic acids is 1. The lowest BCUT2D eigenvalue weighted by molar-refractivity contribution is -0.118. The zero-order valence-electron chi connectivity index (χ0n) is 18.2. The number of aromatic nitrogens is 1. The second kappa shape index (κ2) is 9.26. The van der Waals surface area contributed by atoms with Crippen molar-refractivity contribution in [3.8, 4) is 5.75 Å². The fourth-order valence-electron chi connectivity index (χ4n) is 4.34. The van der Waals surface area contributed by atoms with Crippen molar-refractivity contribution in [2.75, 3.05) is 29.9 Å². The van der Waals surface area contributed by atoms with Gasteiger partial charge in [0.05, 0.1) is 11.1 Å². The van der Waals surface area contributed by atoms with Crippen molar-refractivity contribution in [3.63, 3.8) is 0 Å². The molecule has 0 aliphatic carbocycles. The molecule has 4 rings (SSSR count). The van der Waals surface area contributed by atoms with Crippen LogP contribution < -0.4 is 15.0 Å². The third-order valence-electron chi connectivity index (χ3n) is 5.62. The Morgan fingerprint density at radius 2 is 1.81 bits per heavy atom. The number of anilines is 2. The molecule has 1 saturated heterocycles. The first kappa shape index (κ1) is 21.6. The summed E-state index contributed by atoms with van der Waals surface area (Å²) in [4.78, 5) is 31.2. The first-order chi connectivity index (χ1) is 15.4. The summed E-state index contributed by atoms with van der Waals surface area (Å²) in [6.07, 6.45) is 1.16.